The maximum atomic E-state index is 11.3. The lowest BCUT2D eigenvalue weighted by Crippen LogP contribution is -2.29. The molecule has 1 unspecified atom stereocenters. The van der Waals surface area contributed by atoms with E-state index in [0.29, 0.717) is 19.4 Å². The van der Waals surface area contributed by atoms with E-state index in [1.807, 2.05) is 13.0 Å². The SMILES string of the molecule is CC(CO)CNC(=O)CCc1ccco1. The molecule has 1 aromatic heterocycles. The van der Waals surface area contributed by atoms with Crippen molar-refractivity contribution in [2.24, 2.45) is 5.92 Å². The molecule has 84 valence electrons. The van der Waals surface area contributed by atoms with E-state index in [4.69, 9.17) is 9.52 Å². The topological polar surface area (TPSA) is 62.5 Å². The Morgan fingerprint density at radius 1 is 1.67 bits per heavy atom. The lowest BCUT2D eigenvalue weighted by Gasteiger charge is -2.08. The van der Waals surface area contributed by atoms with E-state index in [9.17, 15) is 4.79 Å². The molecule has 0 saturated carbocycles. The van der Waals surface area contributed by atoms with E-state index in [-0.39, 0.29) is 18.4 Å². The smallest absolute Gasteiger partial charge is 0.220 e. The molecule has 2 N–H and O–H groups in total. The van der Waals surface area contributed by atoms with Crippen LogP contribution < -0.4 is 5.32 Å². The largest absolute Gasteiger partial charge is 0.469 e. The fraction of sp³-hybridized carbons (Fsp3) is 0.545. The molecule has 0 aliphatic rings. The van der Waals surface area contributed by atoms with Crippen molar-refractivity contribution in [1.29, 1.82) is 0 Å². The number of nitrogens with one attached hydrogen (secondary N) is 1. The number of aliphatic hydroxyl groups is 1. The average molecular weight is 211 g/mol. The molecule has 0 fully saturated rings. The first-order valence-corrected chi connectivity index (χ1v) is 5.12. The summed E-state index contributed by atoms with van der Waals surface area (Å²) in [5.41, 5.74) is 0. The highest BCUT2D eigenvalue weighted by atomic mass is 16.3. The van der Waals surface area contributed by atoms with Crippen molar-refractivity contribution < 1.29 is 14.3 Å². The molecule has 0 bridgehead atoms. The summed E-state index contributed by atoms with van der Waals surface area (Å²) < 4.78 is 5.11. The Morgan fingerprint density at radius 2 is 2.47 bits per heavy atom. The molecule has 0 spiro atoms. The first kappa shape index (κ1) is 11.8. The Balaban J connectivity index is 2.14. The Kier molecular flexibility index (Phi) is 4.90. The molecule has 0 aliphatic heterocycles. The molecule has 1 heterocycles. The summed E-state index contributed by atoms with van der Waals surface area (Å²) in [4.78, 5) is 11.3. The number of aliphatic hydroxyl groups excluding tert-OH is 1. The van der Waals surface area contributed by atoms with Crippen LogP contribution in [-0.2, 0) is 11.2 Å². The van der Waals surface area contributed by atoms with Gasteiger partial charge in [0.1, 0.15) is 5.76 Å². The summed E-state index contributed by atoms with van der Waals surface area (Å²) in [6.07, 6.45) is 2.64. The molecule has 1 aromatic rings. The number of furan rings is 1. The average Bonchev–Trinajstić information content (AvgIpc) is 2.75. The maximum Gasteiger partial charge on any atom is 0.220 e. The van der Waals surface area contributed by atoms with Gasteiger partial charge in [-0.05, 0) is 18.1 Å². The summed E-state index contributed by atoms with van der Waals surface area (Å²) in [6.45, 7) is 2.50. The van der Waals surface area contributed by atoms with Gasteiger partial charge in [-0.2, -0.15) is 0 Å². The quantitative estimate of drug-likeness (QED) is 0.736. The van der Waals surface area contributed by atoms with Crippen LogP contribution >= 0.6 is 0 Å². The zero-order chi connectivity index (χ0) is 11.1. The highest BCUT2D eigenvalue weighted by molar-refractivity contribution is 5.76. The zero-order valence-electron chi connectivity index (χ0n) is 8.90. The van der Waals surface area contributed by atoms with Crippen molar-refractivity contribution in [3.63, 3.8) is 0 Å². The highest BCUT2D eigenvalue weighted by Crippen LogP contribution is 2.03. The monoisotopic (exact) mass is 211 g/mol. The standard InChI is InChI=1S/C11H17NO3/c1-9(8-13)7-12-11(14)5-4-10-3-2-6-15-10/h2-3,6,9,13H,4-5,7-8H2,1H3,(H,12,14). The molecule has 1 rings (SSSR count). The van der Waals surface area contributed by atoms with E-state index >= 15 is 0 Å². The van der Waals surface area contributed by atoms with E-state index in [0.717, 1.165) is 5.76 Å². The van der Waals surface area contributed by atoms with Crippen LogP contribution in [0.2, 0.25) is 0 Å². The van der Waals surface area contributed by atoms with Gasteiger partial charge in [-0.3, -0.25) is 4.79 Å². The van der Waals surface area contributed by atoms with Gasteiger partial charge < -0.3 is 14.8 Å². The van der Waals surface area contributed by atoms with Gasteiger partial charge in [0.25, 0.3) is 0 Å². The van der Waals surface area contributed by atoms with Gasteiger partial charge in [-0.15, -0.1) is 0 Å². The van der Waals surface area contributed by atoms with Gasteiger partial charge in [-0.1, -0.05) is 6.92 Å². The third-order valence-electron chi connectivity index (χ3n) is 2.14. The third-order valence-corrected chi connectivity index (χ3v) is 2.14. The number of amides is 1. The Labute approximate surface area is 89.3 Å². The number of rotatable bonds is 6. The highest BCUT2D eigenvalue weighted by Gasteiger charge is 2.05. The first-order chi connectivity index (χ1) is 7.22. The van der Waals surface area contributed by atoms with Crippen LogP contribution in [0.5, 0.6) is 0 Å². The lowest BCUT2D eigenvalue weighted by atomic mass is 10.2. The molecule has 0 saturated heterocycles. The second kappa shape index (κ2) is 6.24. The zero-order valence-corrected chi connectivity index (χ0v) is 8.90. The summed E-state index contributed by atoms with van der Waals surface area (Å²) in [6, 6.07) is 3.66. The van der Waals surface area contributed by atoms with Crippen molar-refractivity contribution >= 4 is 5.91 Å². The number of aryl methyl sites for hydroxylation is 1. The molecule has 4 heteroatoms. The molecule has 1 atom stereocenters. The molecule has 4 nitrogen and oxygen atoms in total. The van der Waals surface area contributed by atoms with Gasteiger partial charge in [0.15, 0.2) is 0 Å². The van der Waals surface area contributed by atoms with Crippen molar-refractivity contribution in [3.8, 4) is 0 Å². The predicted octanol–water partition coefficient (Wildman–Crippen LogP) is 0.957. The van der Waals surface area contributed by atoms with Crippen LogP contribution in [-0.4, -0.2) is 24.2 Å². The number of hydrogen-bond acceptors (Lipinski definition) is 3. The summed E-state index contributed by atoms with van der Waals surface area (Å²) >= 11 is 0. The fourth-order valence-electron chi connectivity index (χ4n) is 1.13. The molecular formula is C11H17NO3. The van der Waals surface area contributed by atoms with Gasteiger partial charge in [-0.25, -0.2) is 0 Å². The van der Waals surface area contributed by atoms with Crippen LogP contribution in [0.15, 0.2) is 22.8 Å². The van der Waals surface area contributed by atoms with E-state index in [1.54, 1.807) is 12.3 Å². The van der Waals surface area contributed by atoms with Crippen LogP contribution in [0.1, 0.15) is 19.1 Å². The molecule has 0 aromatic carbocycles. The van der Waals surface area contributed by atoms with Gasteiger partial charge in [0.2, 0.25) is 5.91 Å². The van der Waals surface area contributed by atoms with Crippen molar-refractivity contribution in [3.05, 3.63) is 24.2 Å². The Morgan fingerprint density at radius 3 is 3.07 bits per heavy atom. The van der Waals surface area contributed by atoms with Crippen LogP contribution in [0.4, 0.5) is 0 Å². The Hall–Kier alpha value is -1.29. The second-order valence-corrected chi connectivity index (χ2v) is 3.67. The van der Waals surface area contributed by atoms with E-state index < -0.39 is 0 Å². The number of hydrogen-bond donors (Lipinski definition) is 2. The first-order valence-electron chi connectivity index (χ1n) is 5.12. The minimum atomic E-state index is -0.00769. The normalized spacial score (nSPS) is 12.4. The number of carbonyl (C=O) groups excluding carboxylic acids is 1. The number of carbonyl (C=O) groups is 1. The molecule has 1 amide bonds. The van der Waals surface area contributed by atoms with Gasteiger partial charge in [0.05, 0.1) is 6.26 Å². The predicted molar refractivity (Wildman–Crippen MR) is 56.3 cm³/mol. The van der Waals surface area contributed by atoms with Crippen molar-refractivity contribution in [2.75, 3.05) is 13.2 Å². The van der Waals surface area contributed by atoms with Crippen LogP contribution in [0, 0.1) is 5.92 Å². The Bertz CT molecular complexity index is 282. The van der Waals surface area contributed by atoms with Gasteiger partial charge in [0, 0.05) is 26.0 Å². The second-order valence-electron chi connectivity index (χ2n) is 3.67. The minimum Gasteiger partial charge on any atom is -0.469 e. The summed E-state index contributed by atoms with van der Waals surface area (Å²) in [7, 11) is 0. The summed E-state index contributed by atoms with van der Waals surface area (Å²) in [5, 5.41) is 11.5. The summed E-state index contributed by atoms with van der Waals surface area (Å²) in [5.74, 6) is 0.921. The third kappa shape index (κ3) is 4.65. The van der Waals surface area contributed by atoms with Crippen LogP contribution in [0.25, 0.3) is 0 Å². The lowest BCUT2D eigenvalue weighted by molar-refractivity contribution is -0.121. The van der Waals surface area contributed by atoms with E-state index in [1.165, 1.54) is 0 Å². The fourth-order valence-corrected chi connectivity index (χ4v) is 1.13. The van der Waals surface area contributed by atoms with Gasteiger partial charge >= 0.3 is 0 Å². The minimum absolute atomic E-state index is 0.00769. The van der Waals surface area contributed by atoms with Crippen molar-refractivity contribution in [2.45, 2.75) is 19.8 Å². The van der Waals surface area contributed by atoms with Crippen LogP contribution in [0.3, 0.4) is 0 Å². The maximum absolute atomic E-state index is 11.3. The van der Waals surface area contributed by atoms with E-state index in [2.05, 4.69) is 5.32 Å². The molecule has 15 heavy (non-hydrogen) atoms. The molecular weight excluding hydrogens is 194 g/mol. The van der Waals surface area contributed by atoms with Crippen molar-refractivity contribution in [1.82, 2.24) is 5.32 Å². The molecule has 0 aliphatic carbocycles. The molecule has 0 radical (unpaired) electrons.